The van der Waals surface area contributed by atoms with Crippen LogP contribution in [0.1, 0.15) is 46.9 Å². The summed E-state index contributed by atoms with van der Waals surface area (Å²) in [7, 11) is 0. The normalized spacial score (nSPS) is 15.9. The van der Waals surface area contributed by atoms with Gasteiger partial charge in [-0.2, -0.15) is 5.26 Å². The molecular weight excluding hydrogens is 436 g/mol. The van der Waals surface area contributed by atoms with Gasteiger partial charge in [-0.05, 0) is 79.0 Å². The average Bonchev–Trinajstić information content (AvgIpc) is 3.37. The van der Waals surface area contributed by atoms with Gasteiger partial charge >= 0.3 is 0 Å². The molecule has 0 amide bonds. The molecule has 0 spiro atoms. The van der Waals surface area contributed by atoms with E-state index in [4.69, 9.17) is 21.6 Å². The zero-order chi connectivity index (χ0) is 22.2. The van der Waals surface area contributed by atoms with E-state index < -0.39 is 0 Å². The van der Waals surface area contributed by atoms with Gasteiger partial charge in [0.2, 0.25) is 0 Å². The first-order valence-corrected chi connectivity index (χ1v) is 12.7. The number of halogens is 1. The Kier molecular flexibility index (Phi) is 8.23. The van der Waals surface area contributed by atoms with Crippen LogP contribution in [-0.2, 0) is 13.0 Å². The molecule has 1 aliphatic rings. The molecule has 1 aromatic heterocycles. The molecule has 0 saturated carbocycles. The van der Waals surface area contributed by atoms with Crippen LogP contribution in [0.5, 0.6) is 5.75 Å². The number of ether oxygens (including phenoxy) is 1. The summed E-state index contributed by atoms with van der Waals surface area (Å²) < 4.78 is 6.48. The lowest BCUT2D eigenvalue weighted by atomic mass is 9.89. The van der Waals surface area contributed by atoms with Crippen LogP contribution in [0.15, 0.2) is 66.0 Å². The van der Waals surface area contributed by atoms with Crippen molar-refractivity contribution in [1.29, 1.82) is 5.26 Å². The van der Waals surface area contributed by atoms with E-state index in [0.29, 0.717) is 11.8 Å². The van der Waals surface area contributed by atoms with Gasteiger partial charge in [0.25, 0.3) is 0 Å². The van der Waals surface area contributed by atoms with Crippen molar-refractivity contribution >= 4 is 22.9 Å². The second kappa shape index (κ2) is 11.5. The number of likely N-dealkylation sites (tertiary alicyclic amines) is 1. The highest BCUT2D eigenvalue weighted by Crippen LogP contribution is 2.33. The quantitative estimate of drug-likeness (QED) is 0.326. The number of nitriles is 1. The molecule has 3 aromatic rings. The van der Waals surface area contributed by atoms with E-state index in [1.807, 2.05) is 12.1 Å². The Morgan fingerprint density at radius 3 is 2.53 bits per heavy atom. The maximum absolute atomic E-state index is 8.97. The third-order valence-corrected chi connectivity index (χ3v) is 7.36. The monoisotopic (exact) mass is 464 g/mol. The number of hydrogen-bond acceptors (Lipinski definition) is 4. The number of rotatable bonds is 9. The minimum Gasteiger partial charge on any atom is -0.485 e. The molecule has 0 aliphatic carbocycles. The van der Waals surface area contributed by atoms with Crippen LogP contribution in [0.25, 0.3) is 0 Å². The van der Waals surface area contributed by atoms with Crippen LogP contribution in [0.2, 0.25) is 0 Å². The lowest BCUT2D eigenvalue weighted by molar-refractivity contribution is 0.173. The molecule has 0 bridgehead atoms. The van der Waals surface area contributed by atoms with E-state index in [2.05, 4.69) is 64.9 Å². The van der Waals surface area contributed by atoms with Crippen molar-refractivity contribution in [2.75, 3.05) is 19.0 Å². The maximum Gasteiger partial charge on any atom is 0.134 e. The molecule has 32 heavy (non-hydrogen) atoms. The van der Waals surface area contributed by atoms with Gasteiger partial charge in [-0.3, -0.25) is 4.90 Å². The molecule has 2 heterocycles. The van der Waals surface area contributed by atoms with Gasteiger partial charge in [0.15, 0.2) is 0 Å². The van der Waals surface area contributed by atoms with Crippen molar-refractivity contribution in [3.05, 3.63) is 87.6 Å². The SMILES string of the molecule is N#Cc1ccc(CN2CCC(Cc3ccccc3OC(CCCl)c3cccs3)CC2)cc1. The third kappa shape index (κ3) is 6.13. The Hall–Kier alpha value is -2.32. The molecule has 166 valence electrons. The second-order valence-corrected chi connectivity index (χ2v) is 9.80. The van der Waals surface area contributed by atoms with Gasteiger partial charge in [0.05, 0.1) is 11.6 Å². The largest absolute Gasteiger partial charge is 0.485 e. The number of nitrogens with zero attached hydrogens (tertiary/aromatic N) is 2. The minimum absolute atomic E-state index is 0.0166. The zero-order valence-corrected chi connectivity index (χ0v) is 19.8. The Morgan fingerprint density at radius 2 is 1.84 bits per heavy atom. The molecule has 1 unspecified atom stereocenters. The van der Waals surface area contributed by atoms with Gasteiger partial charge in [0, 0.05) is 23.7 Å². The summed E-state index contributed by atoms with van der Waals surface area (Å²) in [5.74, 6) is 2.25. The van der Waals surface area contributed by atoms with Gasteiger partial charge in [-0.25, -0.2) is 0 Å². The fraction of sp³-hybridized carbons (Fsp3) is 0.370. The molecular formula is C27H29ClN2OS. The number of thiophene rings is 1. The summed E-state index contributed by atoms with van der Waals surface area (Å²) in [6.07, 6.45) is 4.27. The summed E-state index contributed by atoms with van der Waals surface area (Å²) in [6, 6.07) is 22.8. The van der Waals surface area contributed by atoms with E-state index in [9.17, 15) is 0 Å². The lowest BCUT2D eigenvalue weighted by Gasteiger charge is -2.32. The third-order valence-electron chi connectivity index (χ3n) is 6.18. The average molecular weight is 465 g/mol. The van der Waals surface area contributed by atoms with E-state index >= 15 is 0 Å². The molecule has 3 nitrogen and oxygen atoms in total. The Morgan fingerprint density at radius 1 is 1.06 bits per heavy atom. The fourth-order valence-corrected chi connectivity index (χ4v) is 5.36. The Labute approximate surface area is 200 Å². The van der Waals surface area contributed by atoms with Gasteiger partial charge in [0.1, 0.15) is 11.9 Å². The van der Waals surface area contributed by atoms with Crippen molar-refractivity contribution in [2.24, 2.45) is 5.92 Å². The number of piperidine rings is 1. The molecule has 4 rings (SSSR count). The van der Waals surface area contributed by atoms with E-state index in [1.165, 1.54) is 28.8 Å². The summed E-state index contributed by atoms with van der Waals surface area (Å²) >= 11 is 7.80. The number of para-hydroxylation sites is 1. The van der Waals surface area contributed by atoms with Crippen molar-refractivity contribution in [3.63, 3.8) is 0 Å². The summed E-state index contributed by atoms with van der Waals surface area (Å²) in [6.45, 7) is 3.18. The first-order chi connectivity index (χ1) is 15.7. The van der Waals surface area contributed by atoms with Gasteiger partial charge in [-0.1, -0.05) is 36.4 Å². The predicted octanol–water partition coefficient (Wildman–Crippen LogP) is 6.82. The molecule has 1 saturated heterocycles. The predicted molar refractivity (Wildman–Crippen MR) is 132 cm³/mol. The molecule has 1 fully saturated rings. The lowest BCUT2D eigenvalue weighted by Crippen LogP contribution is -2.33. The maximum atomic E-state index is 8.97. The molecule has 2 aromatic carbocycles. The minimum atomic E-state index is 0.0166. The highest BCUT2D eigenvalue weighted by Gasteiger charge is 2.22. The smallest absolute Gasteiger partial charge is 0.134 e. The van der Waals surface area contributed by atoms with Crippen LogP contribution in [-0.4, -0.2) is 23.9 Å². The molecule has 1 aliphatic heterocycles. The van der Waals surface area contributed by atoms with Crippen molar-refractivity contribution < 1.29 is 4.74 Å². The van der Waals surface area contributed by atoms with Gasteiger partial charge < -0.3 is 4.74 Å². The van der Waals surface area contributed by atoms with Gasteiger partial charge in [-0.15, -0.1) is 22.9 Å². The van der Waals surface area contributed by atoms with Crippen LogP contribution in [0.3, 0.4) is 0 Å². The van der Waals surface area contributed by atoms with Crippen molar-refractivity contribution in [3.8, 4) is 11.8 Å². The highest BCUT2D eigenvalue weighted by molar-refractivity contribution is 7.10. The summed E-state index contributed by atoms with van der Waals surface area (Å²) in [4.78, 5) is 3.75. The van der Waals surface area contributed by atoms with Crippen molar-refractivity contribution in [1.82, 2.24) is 4.90 Å². The molecule has 5 heteroatoms. The summed E-state index contributed by atoms with van der Waals surface area (Å²) in [5, 5.41) is 11.1. The van der Waals surface area contributed by atoms with Crippen LogP contribution < -0.4 is 4.74 Å². The van der Waals surface area contributed by atoms with E-state index in [1.54, 1.807) is 11.3 Å². The summed E-state index contributed by atoms with van der Waals surface area (Å²) in [5.41, 5.74) is 3.30. The first kappa shape index (κ1) is 22.9. The fourth-order valence-electron chi connectivity index (χ4n) is 4.38. The molecule has 1 atom stereocenters. The van der Waals surface area contributed by atoms with Crippen LogP contribution in [0, 0.1) is 17.2 Å². The van der Waals surface area contributed by atoms with Crippen LogP contribution in [0.4, 0.5) is 0 Å². The number of hydrogen-bond donors (Lipinski definition) is 0. The highest BCUT2D eigenvalue weighted by atomic mass is 35.5. The zero-order valence-electron chi connectivity index (χ0n) is 18.3. The number of benzene rings is 2. The molecule has 0 N–H and O–H groups in total. The van der Waals surface area contributed by atoms with E-state index in [0.717, 1.165) is 43.8 Å². The standard InChI is InChI=1S/C27H29ClN2OS/c28-14-11-26(27-6-3-17-32-27)31-25-5-2-1-4-24(25)18-21-12-15-30(16-13-21)20-23-9-7-22(19-29)8-10-23/h1-10,17,21,26H,11-16,18,20H2. The van der Waals surface area contributed by atoms with E-state index in [-0.39, 0.29) is 6.10 Å². The number of alkyl halides is 1. The second-order valence-electron chi connectivity index (χ2n) is 8.44. The molecule has 0 radical (unpaired) electrons. The Balaban J connectivity index is 1.33. The van der Waals surface area contributed by atoms with Crippen LogP contribution >= 0.6 is 22.9 Å². The van der Waals surface area contributed by atoms with Crippen molar-refractivity contribution in [2.45, 2.75) is 38.3 Å². The topological polar surface area (TPSA) is 36.3 Å². The Bertz CT molecular complexity index is 1000. The first-order valence-electron chi connectivity index (χ1n) is 11.3.